The van der Waals surface area contributed by atoms with E-state index in [-0.39, 0.29) is 6.17 Å². The van der Waals surface area contributed by atoms with Crippen LogP contribution in [0.1, 0.15) is 19.3 Å². The van der Waals surface area contributed by atoms with E-state index >= 15 is 0 Å². The second kappa shape index (κ2) is 5.35. The lowest BCUT2D eigenvalue weighted by Crippen LogP contribution is -2.35. The van der Waals surface area contributed by atoms with Gasteiger partial charge >= 0.3 is 0 Å². The summed E-state index contributed by atoms with van der Waals surface area (Å²) in [5.41, 5.74) is 0. The quantitative estimate of drug-likeness (QED) is 0.598. The van der Waals surface area contributed by atoms with Crippen molar-refractivity contribution in [3.63, 3.8) is 0 Å². The van der Waals surface area contributed by atoms with E-state index in [1.807, 2.05) is 17.3 Å². The molecule has 0 saturated heterocycles. The highest BCUT2D eigenvalue weighted by atomic mass is 16.1. The maximum atomic E-state index is 10.2. The number of carbonyl (C=O) groups is 2. The maximum absolute atomic E-state index is 10.2. The van der Waals surface area contributed by atoms with Crippen molar-refractivity contribution in [3.8, 4) is 0 Å². The molecular weight excluding hydrogens is 168 g/mol. The van der Waals surface area contributed by atoms with Gasteiger partial charge in [-0.05, 0) is 6.42 Å². The third-order valence-electron chi connectivity index (χ3n) is 2.02. The van der Waals surface area contributed by atoms with Crippen LogP contribution in [-0.2, 0) is 9.59 Å². The van der Waals surface area contributed by atoms with Gasteiger partial charge in [-0.1, -0.05) is 0 Å². The van der Waals surface area contributed by atoms with Crippen LogP contribution >= 0.6 is 0 Å². The Kier molecular flexibility index (Phi) is 4.02. The molecule has 1 N–H and O–H groups in total. The normalized spacial score (nSPS) is 20.0. The molecule has 0 bridgehead atoms. The van der Waals surface area contributed by atoms with Crippen LogP contribution in [0.25, 0.3) is 0 Å². The predicted molar refractivity (Wildman–Crippen MR) is 48.7 cm³/mol. The van der Waals surface area contributed by atoms with Crippen LogP contribution in [0.2, 0.25) is 0 Å². The summed E-state index contributed by atoms with van der Waals surface area (Å²) in [5, 5.41) is 3.12. The van der Waals surface area contributed by atoms with E-state index in [0.29, 0.717) is 12.8 Å². The van der Waals surface area contributed by atoms with Crippen LogP contribution in [0.5, 0.6) is 0 Å². The molecule has 1 aliphatic heterocycles. The number of nitrogens with zero attached hydrogens (tertiary/aromatic N) is 1. The number of hydrogen-bond donors (Lipinski definition) is 1. The van der Waals surface area contributed by atoms with E-state index in [4.69, 9.17) is 0 Å². The molecule has 0 saturated carbocycles. The molecule has 0 spiro atoms. The van der Waals surface area contributed by atoms with Crippen molar-refractivity contribution < 1.29 is 9.59 Å². The van der Waals surface area contributed by atoms with Gasteiger partial charge in [0, 0.05) is 31.8 Å². The second-order valence-electron chi connectivity index (χ2n) is 2.94. The summed E-state index contributed by atoms with van der Waals surface area (Å²) in [7, 11) is 0. The molecule has 1 atom stereocenters. The highest BCUT2D eigenvalue weighted by Crippen LogP contribution is 2.09. The van der Waals surface area contributed by atoms with Crippen LogP contribution in [0.15, 0.2) is 12.4 Å². The van der Waals surface area contributed by atoms with E-state index in [1.54, 1.807) is 0 Å². The minimum Gasteiger partial charge on any atom is -0.370 e. The van der Waals surface area contributed by atoms with Crippen molar-refractivity contribution in [1.29, 1.82) is 0 Å². The van der Waals surface area contributed by atoms with Crippen LogP contribution in [0, 0.1) is 0 Å². The zero-order valence-corrected chi connectivity index (χ0v) is 7.48. The zero-order chi connectivity index (χ0) is 9.52. The molecule has 0 aliphatic carbocycles. The molecular formula is C9H14N2O2. The van der Waals surface area contributed by atoms with Gasteiger partial charge in [-0.15, -0.1) is 0 Å². The van der Waals surface area contributed by atoms with Gasteiger partial charge in [0.25, 0.3) is 0 Å². The molecule has 4 heteroatoms. The lowest BCUT2D eigenvalue weighted by molar-refractivity contribution is -0.109. The molecule has 0 amide bonds. The van der Waals surface area contributed by atoms with E-state index in [1.165, 1.54) is 0 Å². The minimum absolute atomic E-state index is 0.185. The molecule has 72 valence electrons. The Labute approximate surface area is 77.6 Å². The van der Waals surface area contributed by atoms with Gasteiger partial charge in [0.05, 0.1) is 6.17 Å². The first-order chi connectivity index (χ1) is 6.38. The summed E-state index contributed by atoms with van der Waals surface area (Å²) in [4.78, 5) is 22.4. The zero-order valence-electron chi connectivity index (χ0n) is 7.48. The molecule has 1 rings (SSSR count). The average molecular weight is 182 g/mol. The van der Waals surface area contributed by atoms with Crippen LogP contribution in [-0.4, -0.2) is 30.2 Å². The Bertz CT molecular complexity index is 204. The fourth-order valence-electron chi connectivity index (χ4n) is 1.36. The number of nitrogens with one attached hydrogen (secondary N) is 1. The molecule has 0 aromatic heterocycles. The molecule has 1 aliphatic rings. The Hall–Kier alpha value is -1.32. The van der Waals surface area contributed by atoms with Crippen LogP contribution in [0.4, 0.5) is 0 Å². The summed E-state index contributed by atoms with van der Waals surface area (Å²) in [6.07, 6.45) is 7.64. The standard InChI is InChI=1S/C9H14N2O2/c12-7-1-3-9-10-4-6-11(9)5-2-8-13/h4,6-10H,1-3,5H2. The Morgan fingerprint density at radius 3 is 2.77 bits per heavy atom. The van der Waals surface area contributed by atoms with E-state index in [0.717, 1.165) is 25.5 Å². The number of hydrogen-bond acceptors (Lipinski definition) is 4. The fourth-order valence-corrected chi connectivity index (χ4v) is 1.36. The number of carbonyl (C=O) groups excluding carboxylic acids is 2. The van der Waals surface area contributed by atoms with Gasteiger partial charge in [-0.3, -0.25) is 0 Å². The first-order valence-corrected chi connectivity index (χ1v) is 4.44. The lowest BCUT2D eigenvalue weighted by atomic mass is 10.2. The smallest absolute Gasteiger partial charge is 0.121 e. The first-order valence-electron chi connectivity index (χ1n) is 4.44. The van der Waals surface area contributed by atoms with Gasteiger partial charge in [-0.2, -0.15) is 0 Å². The van der Waals surface area contributed by atoms with E-state index in [2.05, 4.69) is 5.32 Å². The van der Waals surface area contributed by atoms with Crippen molar-refractivity contribution in [2.24, 2.45) is 0 Å². The molecule has 1 unspecified atom stereocenters. The molecule has 4 nitrogen and oxygen atoms in total. The largest absolute Gasteiger partial charge is 0.370 e. The van der Waals surface area contributed by atoms with Gasteiger partial charge in [0.15, 0.2) is 0 Å². The van der Waals surface area contributed by atoms with Gasteiger partial charge in [-0.25, -0.2) is 0 Å². The Morgan fingerprint density at radius 2 is 2.08 bits per heavy atom. The van der Waals surface area contributed by atoms with Crippen LogP contribution in [0.3, 0.4) is 0 Å². The topological polar surface area (TPSA) is 49.4 Å². The average Bonchev–Trinajstić information content (AvgIpc) is 2.59. The third-order valence-corrected chi connectivity index (χ3v) is 2.02. The third kappa shape index (κ3) is 2.89. The fraction of sp³-hybridized carbons (Fsp3) is 0.556. The molecule has 0 fully saturated rings. The Morgan fingerprint density at radius 1 is 1.31 bits per heavy atom. The van der Waals surface area contributed by atoms with E-state index < -0.39 is 0 Å². The SMILES string of the molecule is O=CCCC1NC=CN1CCC=O. The molecule has 0 aromatic carbocycles. The van der Waals surface area contributed by atoms with Gasteiger partial charge in [0.1, 0.15) is 12.6 Å². The van der Waals surface area contributed by atoms with Crippen molar-refractivity contribution in [2.45, 2.75) is 25.4 Å². The monoisotopic (exact) mass is 182 g/mol. The minimum atomic E-state index is 0.185. The molecule has 0 aromatic rings. The van der Waals surface area contributed by atoms with Crippen molar-refractivity contribution >= 4 is 12.6 Å². The van der Waals surface area contributed by atoms with Gasteiger partial charge < -0.3 is 19.8 Å². The van der Waals surface area contributed by atoms with Crippen molar-refractivity contribution in [3.05, 3.63) is 12.4 Å². The summed E-state index contributed by atoms with van der Waals surface area (Å²) in [5.74, 6) is 0. The van der Waals surface area contributed by atoms with E-state index in [9.17, 15) is 9.59 Å². The lowest BCUT2D eigenvalue weighted by Gasteiger charge is -2.24. The van der Waals surface area contributed by atoms with Crippen LogP contribution < -0.4 is 5.32 Å². The van der Waals surface area contributed by atoms with Gasteiger partial charge in [0.2, 0.25) is 0 Å². The Balaban J connectivity index is 2.28. The molecule has 13 heavy (non-hydrogen) atoms. The summed E-state index contributed by atoms with van der Waals surface area (Å²) >= 11 is 0. The van der Waals surface area contributed by atoms with Crippen molar-refractivity contribution in [2.75, 3.05) is 6.54 Å². The maximum Gasteiger partial charge on any atom is 0.121 e. The predicted octanol–water partition coefficient (Wildman–Crippen LogP) is 0.257. The number of rotatable bonds is 6. The number of aldehydes is 2. The molecule has 0 radical (unpaired) electrons. The molecule has 1 heterocycles. The van der Waals surface area contributed by atoms with Crippen molar-refractivity contribution in [1.82, 2.24) is 10.2 Å². The summed E-state index contributed by atoms with van der Waals surface area (Å²) in [6.45, 7) is 0.719. The summed E-state index contributed by atoms with van der Waals surface area (Å²) in [6, 6.07) is 0. The second-order valence-corrected chi connectivity index (χ2v) is 2.94. The first kappa shape index (κ1) is 9.77. The highest BCUT2D eigenvalue weighted by molar-refractivity contribution is 5.50. The summed E-state index contributed by atoms with van der Waals surface area (Å²) < 4.78 is 0. The highest BCUT2D eigenvalue weighted by Gasteiger charge is 2.16.